The fourth-order valence-electron chi connectivity index (χ4n) is 5.78. The van der Waals surface area contributed by atoms with E-state index in [9.17, 15) is 19.5 Å². The van der Waals surface area contributed by atoms with Crippen LogP contribution in [-0.4, -0.2) is 85.0 Å². The van der Waals surface area contributed by atoms with Crippen molar-refractivity contribution in [3.05, 3.63) is 65.2 Å². The number of hydrogen-bond acceptors (Lipinski definition) is 7. The van der Waals surface area contributed by atoms with Gasteiger partial charge in [0.1, 0.15) is 11.5 Å². The van der Waals surface area contributed by atoms with Crippen LogP contribution in [0.25, 0.3) is 5.76 Å². The minimum Gasteiger partial charge on any atom is -0.507 e. The highest BCUT2D eigenvalue weighted by molar-refractivity contribution is 6.50. The van der Waals surface area contributed by atoms with Crippen molar-refractivity contribution in [2.75, 3.05) is 57.4 Å². The van der Waals surface area contributed by atoms with Gasteiger partial charge in [-0.05, 0) is 50.6 Å². The molecule has 2 aromatic rings. The first-order chi connectivity index (χ1) is 18.4. The molecule has 2 aromatic carbocycles. The number of benzene rings is 2. The molecule has 1 spiro atoms. The number of Topliss-reactive ketones (excluding diaryl/α,β-unsaturated/α-hetero) is 1. The van der Waals surface area contributed by atoms with Crippen LogP contribution in [0.15, 0.2) is 54.1 Å². The molecule has 0 saturated carbocycles. The van der Waals surface area contributed by atoms with Crippen LogP contribution >= 0.6 is 0 Å². The Morgan fingerprint density at radius 2 is 1.71 bits per heavy atom. The quantitative estimate of drug-likeness (QED) is 0.325. The highest BCUT2D eigenvalue weighted by Gasteiger charge is 2.66. The van der Waals surface area contributed by atoms with Crippen LogP contribution in [0, 0.1) is 0 Å². The number of rotatable bonds is 8. The first kappa shape index (κ1) is 25.9. The maximum atomic E-state index is 14.3. The number of carbonyl (C=O) groups excluding carboxylic acids is 3. The van der Waals surface area contributed by atoms with Crippen LogP contribution in [0.2, 0.25) is 0 Å². The number of aliphatic hydroxyl groups excluding tert-OH is 1. The fraction of sp³-hybridized carbons (Fsp3) is 0.414. The SMILES string of the molecule is CCOc1ccc(C(O)=C2C(=O)C(=O)N(CCCN3CCOCC3)C23C(=O)N(CC)c2ccccc23)cc1. The predicted octanol–water partition coefficient (Wildman–Crippen LogP) is 2.75. The lowest BCUT2D eigenvalue weighted by Crippen LogP contribution is -2.52. The van der Waals surface area contributed by atoms with Gasteiger partial charge >= 0.3 is 0 Å². The third kappa shape index (κ3) is 4.06. The van der Waals surface area contributed by atoms with Crippen molar-refractivity contribution in [2.45, 2.75) is 25.8 Å². The first-order valence-corrected chi connectivity index (χ1v) is 13.2. The van der Waals surface area contributed by atoms with Gasteiger partial charge in [0.15, 0.2) is 5.54 Å². The summed E-state index contributed by atoms with van der Waals surface area (Å²) in [6.45, 7) is 8.38. The number of likely N-dealkylation sites (N-methyl/N-ethyl adjacent to an activating group) is 1. The number of amides is 2. The van der Waals surface area contributed by atoms with E-state index in [-0.39, 0.29) is 17.9 Å². The van der Waals surface area contributed by atoms with E-state index in [0.29, 0.717) is 61.9 Å². The van der Waals surface area contributed by atoms with Gasteiger partial charge in [-0.25, -0.2) is 0 Å². The van der Waals surface area contributed by atoms with Gasteiger partial charge in [0.05, 0.1) is 31.1 Å². The Morgan fingerprint density at radius 3 is 2.39 bits per heavy atom. The smallest absolute Gasteiger partial charge is 0.296 e. The van der Waals surface area contributed by atoms with E-state index in [1.54, 1.807) is 41.3 Å². The molecule has 0 radical (unpaired) electrons. The largest absolute Gasteiger partial charge is 0.507 e. The summed E-state index contributed by atoms with van der Waals surface area (Å²) in [6.07, 6.45) is 0.569. The van der Waals surface area contributed by atoms with Crippen molar-refractivity contribution in [1.29, 1.82) is 0 Å². The van der Waals surface area contributed by atoms with Crippen LogP contribution in [0.3, 0.4) is 0 Å². The maximum absolute atomic E-state index is 14.3. The van der Waals surface area contributed by atoms with E-state index in [0.717, 1.165) is 13.1 Å². The summed E-state index contributed by atoms with van der Waals surface area (Å²) in [4.78, 5) is 46.7. The molecule has 3 aliphatic heterocycles. The van der Waals surface area contributed by atoms with E-state index in [1.807, 2.05) is 26.0 Å². The van der Waals surface area contributed by atoms with E-state index < -0.39 is 23.1 Å². The van der Waals surface area contributed by atoms with Crippen molar-refractivity contribution >= 4 is 29.0 Å². The molecule has 2 fully saturated rings. The summed E-state index contributed by atoms with van der Waals surface area (Å²) >= 11 is 0. The summed E-state index contributed by atoms with van der Waals surface area (Å²) in [5, 5.41) is 11.6. The Hall–Kier alpha value is -3.69. The van der Waals surface area contributed by atoms with E-state index >= 15 is 0 Å². The summed E-state index contributed by atoms with van der Waals surface area (Å²) in [5.41, 5.74) is -0.414. The van der Waals surface area contributed by atoms with Crippen molar-refractivity contribution < 1.29 is 29.0 Å². The number of carbonyl (C=O) groups is 3. The van der Waals surface area contributed by atoms with Gasteiger partial charge in [-0.1, -0.05) is 18.2 Å². The molecule has 1 atom stereocenters. The van der Waals surface area contributed by atoms with E-state index in [1.165, 1.54) is 4.90 Å². The maximum Gasteiger partial charge on any atom is 0.296 e. The molecule has 3 aliphatic rings. The van der Waals surface area contributed by atoms with Gasteiger partial charge in [0, 0.05) is 43.9 Å². The summed E-state index contributed by atoms with van der Waals surface area (Å²) in [7, 11) is 0. The summed E-state index contributed by atoms with van der Waals surface area (Å²) in [5.74, 6) is -1.80. The van der Waals surface area contributed by atoms with Crippen LogP contribution in [0.5, 0.6) is 5.75 Å². The highest BCUT2D eigenvalue weighted by atomic mass is 16.5. The van der Waals surface area contributed by atoms with Gasteiger partial charge in [-0.2, -0.15) is 0 Å². The van der Waals surface area contributed by atoms with Gasteiger partial charge in [-0.15, -0.1) is 0 Å². The third-order valence-corrected chi connectivity index (χ3v) is 7.52. The number of ketones is 1. The molecule has 0 bridgehead atoms. The van der Waals surface area contributed by atoms with Crippen molar-refractivity contribution in [1.82, 2.24) is 9.80 Å². The second kappa shape index (κ2) is 10.6. The van der Waals surface area contributed by atoms with Crippen molar-refractivity contribution in [3.8, 4) is 5.75 Å². The number of likely N-dealkylation sites (tertiary alicyclic amines) is 1. The monoisotopic (exact) mass is 519 g/mol. The second-order valence-electron chi connectivity index (χ2n) is 9.55. The molecular weight excluding hydrogens is 486 g/mol. The highest BCUT2D eigenvalue weighted by Crippen LogP contribution is 2.53. The third-order valence-electron chi connectivity index (χ3n) is 7.52. The van der Waals surface area contributed by atoms with Crippen LogP contribution in [-0.2, 0) is 24.7 Å². The predicted molar refractivity (Wildman–Crippen MR) is 142 cm³/mol. The van der Waals surface area contributed by atoms with E-state index in [4.69, 9.17) is 9.47 Å². The lowest BCUT2D eigenvalue weighted by Gasteiger charge is -2.35. The molecule has 2 saturated heterocycles. The molecule has 5 rings (SSSR count). The van der Waals surface area contributed by atoms with Gasteiger partial charge < -0.3 is 24.4 Å². The molecule has 38 heavy (non-hydrogen) atoms. The second-order valence-corrected chi connectivity index (χ2v) is 9.55. The Bertz CT molecular complexity index is 1270. The Kier molecular flexibility index (Phi) is 7.23. The number of morpholine rings is 1. The zero-order valence-electron chi connectivity index (χ0n) is 21.8. The average molecular weight is 520 g/mol. The Labute approximate surface area is 222 Å². The number of aliphatic hydroxyl groups is 1. The molecular formula is C29H33N3O6. The zero-order valence-corrected chi connectivity index (χ0v) is 21.8. The molecule has 9 nitrogen and oxygen atoms in total. The number of fused-ring (bicyclic) bond motifs is 2. The molecule has 9 heteroatoms. The standard InChI is InChI=1S/C29H33N3O6/c1-3-31-23-9-6-5-8-22(23)29(28(31)36)24(25(33)20-10-12-21(13-11-20)38-4-2)26(34)27(35)32(29)15-7-14-30-16-18-37-19-17-30/h5-6,8-13,33H,3-4,7,14-19H2,1-2H3. The van der Waals surface area contributed by atoms with Crippen molar-refractivity contribution in [2.24, 2.45) is 0 Å². The Morgan fingerprint density at radius 1 is 1.00 bits per heavy atom. The average Bonchev–Trinajstić information content (AvgIpc) is 3.32. The van der Waals surface area contributed by atoms with Gasteiger partial charge in [0.2, 0.25) is 0 Å². The topological polar surface area (TPSA) is 99.6 Å². The van der Waals surface area contributed by atoms with Crippen LogP contribution < -0.4 is 9.64 Å². The number of hydrogen-bond donors (Lipinski definition) is 1. The molecule has 1 N–H and O–H groups in total. The Balaban J connectivity index is 1.62. The fourth-order valence-corrected chi connectivity index (χ4v) is 5.78. The number of anilines is 1. The molecule has 0 aromatic heterocycles. The normalized spacial score (nSPS) is 22.9. The zero-order chi connectivity index (χ0) is 26.9. The summed E-state index contributed by atoms with van der Waals surface area (Å²) < 4.78 is 10.9. The number of nitrogens with zero attached hydrogens (tertiary/aromatic N) is 3. The molecule has 1 unspecified atom stereocenters. The van der Waals surface area contributed by atoms with Crippen LogP contribution in [0.1, 0.15) is 31.4 Å². The van der Waals surface area contributed by atoms with Crippen LogP contribution in [0.4, 0.5) is 5.69 Å². The van der Waals surface area contributed by atoms with Crippen molar-refractivity contribution in [3.63, 3.8) is 0 Å². The molecule has 0 aliphatic carbocycles. The molecule has 2 amide bonds. The lowest BCUT2D eigenvalue weighted by molar-refractivity contribution is -0.143. The molecule has 3 heterocycles. The number of para-hydroxylation sites is 1. The minimum absolute atomic E-state index is 0.188. The van der Waals surface area contributed by atoms with E-state index in [2.05, 4.69) is 4.90 Å². The lowest BCUT2D eigenvalue weighted by atomic mass is 9.82. The van der Waals surface area contributed by atoms with Gasteiger partial charge in [-0.3, -0.25) is 19.3 Å². The first-order valence-electron chi connectivity index (χ1n) is 13.2. The number of ether oxygens (including phenoxy) is 2. The van der Waals surface area contributed by atoms with Gasteiger partial charge in [0.25, 0.3) is 17.6 Å². The minimum atomic E-state index is -1.73. The summed E-state index contributed by atoms with van der Waals surface area (Å²) in [6, 6.07) is 13.8. The molecule has 200 valence electrons.